The Morgan fingerprint density at radius 1 is 1.09 bits per heavy atom. The number of anilines is 3. The number of carbonyl (C=O) groups is 1. The fourth-order valence-corrected chi connectivity index (χ4v) is 4.34. The zero-order chi connectivity index (χ0) is 24.9. The van der Waals surface area contributed by atoms with Gasteiger partial charge in [-0.15, -0.1) is 0 Å². The molecule has 9 nitrogen and oxygen atoms in total. The molecule has 0 bridgehead atoms. The van der Waals surface area contributed by atoms with Crippen LogP contribution >= 0.6 is 11.6 Å². The first-order chi connectivity index (χ1) is 16.9. The van der Waals surface area contributed by atoms with Gasteiger partial charge in [-0.2, -0.15) is 0 Å². The van der Waals surface area contributed by atoms with E-state index in [0.29, 0.717) is 37.0 Å². The van der Waals surface area contributed by atoms with Crippen molar-refractivity contribution in [1.82, 2.24) is 9.13 Å². The van der Waals surface area contributed by atoms with Crippen LogP contribution < -0.4 is 27.2 Å². The predicted octanol–water partition coefficient (Wildman–Crippen LogP) is 2.45. The number of halogens is 1. The van der Waals surface area contributed by atoms with Crippen molar-refractivity contribution in [3.63, 3.8) is 0 Å². The summed E-state index contributed by atoms with van der Waals surface area (Å²) >= 11 is 6.21. The van der Waals surface area contributed by atoms with Gasteiger partial charge in [-0.1, -0.05) is 41.9 Å². The van der Waals surface area contributed by atoms with Crippen molar-refractivity contribution in [2.75, 3.05) is 48.8 Å². The lowest BCUT2D eigenvalue weighted by Gasteiger charge is -2.30. The smallest absolute Gasteiger partial charge is 0.332 e. The molecule has 0 atom stereocenters. The number of ether oxygens (including phenoxy) is 1. The average molecular weight is 498 g/mol. The molecule has 0 saturated carbocycles. The molecule has 3 N–H and O–H groups in total. The van der Waals surface area contributed by atoms with Gasteiger partial charge in [0.15, 0.2) is 5.78 Å². The zero-order valence-electron chi connectivity index (χ0n) is 19.5. The number of rotatable bonds is 8. The lowest BCUT2D eigenvalue weighted by atomic mass is 10.1. The fraction of sp³-hybridized carbons (Fsp3) is 0.320. The third-order valence-electron chi connectivity index (χ3n) is 6.00. The monoisotopic (exact) mass is 497 g/mol. The third-order valence-corrected chi connectivity index (χ3v) is 6.23. The van der Waals surface area contributed by atoms with Gasteiger partial charge in [0.25, 0.3) is 5.56 Å². The first-order valence-electron chi connectivity index (χ1n) is 11.5. The van der Waals surface area contributed by atoms with Crippen LogP contribution in [0.3, 0.4) is 0 Å². The summed E-state index contributed by atoms with van der Waals surface area (Å²) in [6, 6.07) is 14.7. The Balaban J connectivity index is 1.65. The van der Waals surface area contributed by atoms with Crippen molar-refractivity contribution in [3.05, 3.63) is 85.5 Å². The number of aromatic nitrogens is 2. The Morgan fingerprint density at radius 3 is 2.49 bits per heavy atom. The Bertz CT molecular complexity index is 1330. The number of ketones is 1. The fourth-order valence-electron chi connectivity index (χ4n) is 4.17. The van der Waals surface area contributed by atoms with Gasteiger partial charge in [-0.3, -0.25) is 18.7 Å². The summed E-state index contributed by atoms with van der Waals surface area (Å²) in [7, 11) is 0. The summed E-state index contributed by atoms with van der Waals surface area (Å²) in [6.45, 7) is 4.40. The molecule has 0 aliphatic carbocycles. The number of hydrogen-bond donors (Lipinski definition) is 2. The summed E-state index contributed by atoms with van der Waals surface area (Å²) in [6.07, 6.45) is 0. The second-order valence-electron chi connectivity index (χ2n) is 8.20. The van der Waals surface area contributed by atoms with Gasteiger partial charge in [0.05, 0.1) is 37.7 Å². The number of morpholine rings is 1. The summed E-state index contributed by atoms with van der Waals surface area (Å²) in [5.74, 6) is -0.649. The van der Waals surface area contributed by atoms with Crippen molar-refractivity contribution in [2.45, 2.75) is 20.0 Å². The molecule has 35 heavy (non-hydrogen) atoms. The van der Waals surface area contributed by atoms with E-state index in [-0.39, 0.29) is 31.0 Å². The van der Waals surface area contributed by atoms with Crippen molar-refractivity contribution in [3.8, 4) is 0 Å². The van der Waals surface area contributed by atoms with Gasteiger partial charge in [0.1, 0.15) is 11.4 Å². The minimum absolute atomic E-state index is 0.121. The van der Waals surface area contributed by atoms with E-state index in [1.165, 1.54) is 4.57 Å². The van der Waals surface area contributed by atoms with Crippen molar-refractivity contribution in [2.24, 2.45) is 0 Å². The first-order valence-corrected chi connectivity index (χ1v) is 11.8. The molecule has 1 saturated heterocycles. The molecular weight excluding hydrogens is 470 g/mol. The minimum Gasteiger partial charge on any atom is -0.384 e. The van der Waals surface area contributed by atoms with Gasteiger partial charge in [-0.25, -0.2) is 4.79 Å². The van der Waals surface area contributed by atoms with Gasteiger partial charge in [0.2, 0.25) is 0 Å². The van der Waals surface area contributed by atoms with E-state index in [1.54, 1.807) is 19.1 Å². The van der Waals surface area contributed by atoms with Gasteiger partial charge in [-0.05, 0) is 30.7 Å². The number of Topliss-reactive ketones (excluding diaryl/α,β-unsaturated/α-hetero) is 1. The van der Waals surface area contributed by atoms with Crippen LogP contribution in [0.15, 0.2) is 58.1 Å². The maximum Gasteiger partial charge on any atom is 0.332 e. The zero-order valence-corrected chi connectivity index (χ0v) is 20.3. The highest BCUT2D eigenvalue weighted by atomic mass is 35.5. The van der Waals surface area contributed by atoms with E-state index in [0.717, 1.165) is 15.8 Å². The number of nitrogens with zero attached hydrogens (tertiary/aromatic N) is 3. The number of hydrogen-bond acceptors (Lipinski definition) is 7. The molecule has 184 valence electrons. The Morgan fingerprint density at radius 2 is 1.80 bits per heavy atom. The Labute approximate surface area is 207 Å². The van der Waals surface area contributed by atoms with Crippen LogP contribution in [0.5, 0.6) is 0 Å². The lowest BCUT2D eigenvalue weighted by Crippen LogP contribution is -2.44. The van der Waals surface area contributed by atoms with E-state index in [9.17, 15) is 14.4 Å². The molecule has 2 aromatic carbocycles. The molecule has 4 rings (SSSR count). The number of benzene rings is 2. The second kappa shape index (κ2) is 10.8. The summed E-state index contributed by atoms with van der Waals surface area (Å²) in [5, 5.41) is 3.63. The Kier molecular flexibility index (Phi) is 7.57. The molecule has 2 heterocycles. The molecule has 3 aromatic rings. The van der Waals surface area contributed by atoms with Gasteiger partial charge >= 0.3 is 5.69 Å². The first kappa shape index (κ1) is 24.6. The summed E-state index contributed by atoms with van der Waals surface area (Å²) in [4.78, 5) is 41.4. The van der Waals surface area contributed by atoms with Crippen LogP contribution in [0.25, 0.3) is 0 Å². The van der Waals surface area contributed by atoms with Crippen LogP contribution in [0.1, 0.15) is 22.8 Å². The topological polar surface area (TPSA) is 112 Å². The van der Waals surface area contributed by atoms with Crippen LogP contribution in [0.2, 0.25) is 5.02 Å². The average Bonchev–Trinajstić information content (AvgIpc) is 2.87. The SMILES string of the molecule is CCn1c(=O)c(C(=O)CNc2cc(Cl)ccc2N2CCOCC2)c(N)n(Cc2ccccc2)c1=O. The van der Waals surface area contributed by atoms with E-state index in [4.69, 9.17) is 22.1 Å². The summed E-state index contributed by atoms with van der Waals surface area (Å²) in [5.41, 5.74) is 7.19. The quantitative estimate of drug-likeness (QED) is 0.460. The molecule has 1 aliphatic heterocycles. The molecule has 0 spiro atoms. The van der Waals surface area contributed by atoms with Gasteiger partial charge in [0, 0.05) is 24.7 Å². The number of nitrogens with one attached hydrogen (secondary N) is 1. The van der Waals surface area contributed by atoms with Crippen LogP contribution in [-0.2, 0) is 17.8 Å². The Hall–Kier alpha value is -3.56. The van der Waals surface area contributed by atoms with Crippen molar-refractivity contribution >= 4 is 34.6 Å². The molecular formula is C25H28ClN5O4. The standard InChI is InChI=1S/C25H28ClN5O4/c1-2-30-24(33)22(23(27)31(25(30)34)16-17-6-4-3-5-7-17)21(32)15-28-19-14-18(26)8-9-20(19)29-10-12-35-13-11-29/h3-9,14,28H,2,10-13,15-16,27H2,1H3. The number of nitrogens with two attached hydrogens (primary N) is 1. The molecule has 1 aromatic heterocycles. The largest absolute Gasteiger partial charge is 0.384 e. The highest BCUT2D eigenvalue weighted by Crippen LogP contribution is 2.30. The highest BCUT2D eigenvalue weighted by Gasteiger charge is 2.23. The van der Waals surface area contributed by atoms with E-state index in [2.05, 4.69) is 10.2 Å². The van der Waals surface area contributed by atoms with Crippen LogP contribution in [0, 0.1) is 0 Å². The third kappa shape index (κ3) is 5.26. The lowest BCUT2D eigenvalue weighted by molar-refractivity contribution is 0.100. The number of nitrogen functional groups attached to an aromatic ring is 1. The molecule has 0 amide bonds. The van der Waals surface area contributed by atoms with Crippen molar-refractivity contribution < 1.29 is 9.53 Å². The molecule has 1 fully saturated rings. The minimum atomic E-state index is -0.689. The van der Waals surface area contributed by atoms with Crippen LogP contribution in [0.4, 0.5) is 17.2 Å². The highest BCUT2D eigenvalue weighted by molar-refractivity contribution is 6.31. The maximum atomic E-state index is 13.3. The van der Waals surface area contributed by atoms with Crippen LogP contribution in [-0.4, -0.2) is 47.8 Å². The van der Waals surface area contributed by atoms with E-state index < -0.39 is 17.0 Å². The number of carbonyl (C=O) groups excluding carboxylic acids is 1. The second-order valence-corrected chi connectivity index (χ2v) is 8.64. The predicted molar refractivity (Wildman–Crippen MR) is 138 cm³/mol. The molecule has 0 radical (unpaired) electrons. The molecule has 0 unspecified atom stereocenters. The molecule has 1 aliphatic rings. The van der Waals surface area contributed by atoms with Crippen molar-refractivity contribution in [1.29, 1.82) is 0 Å². The van der Waals surface area contributed by atoms with E-state index in [1.807, 2.05) is 36.4 Å². The maximum absolute atomic E-state index is 13.3. The van der Waals surface area contributed by atoms with E-state index >= 15 is 0 Å². The molecule has 10 heteroatoms. The summed E-state index contributed by atoms with van der Waals surface area (Å²) < 4.78 is 7.73. The normalized spacial score (nSPS) is 13.6. The van der Waals surface area contributed by atoms with Gasteiger partial charge < -0.3 is 20.7 Å².